The molecule has 1 fully saturated rings. The van der Waals surface area contributed by atoms with E-state index >= 15 is 0 Å². The summed E-state index contributed by atoms with van der Waals surface area (Å²) in [5, 5.41) is 13.6. The number of aromatic nitrogens is 2. The van der Waals surface area contributed by atoms with Gasteiger partial charge in [-0.2, -0.15) is 23.5 Å². The van der Waals surface area contributed by atoms with Crippen LogP contribution >= 0.6 is 0 Å². The molecule has 0 bridgehead atoms. The number of nitrogens with zero attached hydrogens (tertiary/aromatic N) is 3. The lowest BCUT2D eigenvalue weighted by atomic mass is 9.99. The van der Waals surface area contributed by atoms with Gasteiger partial charge < -0.3 is 14.2 Å². The number of hydrogen-bond donors (Lipinski definition) is 0. The van der Waals surface area contributed by atoms with E-state index in [1.54, 1.807) is 6.92 Å². The van der Waals surface area contributed by atoms with E-state index in [4.69, 9.17) is 14.2 Å². The number of hydrogen-bond acceptors (Lipinski definition) is 6. The van der Waals surface area contributed by atoms with Crippen molar-refractivity contribution in [2.75, 3.05) is 26.4 Å². The molecule has 1 aliphatic heterocycles. The summed E-state index contributed by atoms with van der Waals surface area (Å²) >= 11 is 0. The lowest BCUT2D eigenvalue weighted by Crippen LogP contribution is -2.32. The van der Waals surface area contributed by atoms with Crippen LogP contribution in [-0.2, 0) is 26.9 Å². The highest BCUT2D eigenvalue weighted by Crippen LogP contribution is 2.38. The van der Waals surface area contributed by atoms with E-state index in [-0.39, 0.29) is 41.6 Å². The highest BCUT2D eigenvalue weighted by atomic mass is 19.4. The summed E-state index contributed by atoms with van der Waals surface area (Å²) in [6.07, 6.45) is -3.70. The number of benzene rings is 1. The molecule has 7 nitrogen and oxygen atoms in total. The van der Waals surface area contributed by atoms with Gasteiger partial charge in [-0.3, -0.25) is 4.68 Å². The van der Waals surface area contributed by atoms with Crippen molar-refractivity contribution >= 4 is 5.97 Å². The third-order valence-electron chi connectivity index (χ3n) is 4.25. The molecule has 2 aromatic rings. The average Bonchev–Trinajstić information content (AvgIpc) is 3.10. The van der Waals surface area contributed by atoms with Crippen LogP contribution in [0.15, 0.2) is 24.4 Å². The van der Waals surface area contributed by atoms with Gasteiger partial charge in [0.2, 0.25) is 0 Å². The second-order valence-electron chi connectivity index (χ2n) is 6.27. The van der Waals surface area contributed by atoms with Gasteiger partial charge in [-0.05, 0) is 19.1 Å². The van der Waals surface area contributed by atoms with Gasteiger partial charge in [0, 0.05) is 11.8 Å². The van der Waals surface area contributed by atoms with Gasteiger partial charge in [0.1, 0.15) is 17.9 Å². The zero-order chi connectivity index (χ0) is 21.0. The number of ether oxygens (including phenoxy) is 3. The molecule has 0 N–H and O–H groups in total. The van der Waals surface area contributed by atoms with Gasteiger partial charge >= 0.3 is 12.1 Å². The summed E-state index contributed by atoms with van der Waals surface area (Å²) in [5.41, 5.74) is -1.72. The fourth-order valence-corrected chi connectivity index (χ4v) is 2.97. The van der Waals surface area contributed by atoms with Gasteiger partial charge in [-0.25, -0.2) is 4.79 Å². The molecule has 0 radical (unpaired) electrons. The molecular weight excluding hydrogens is 391 g/mol. The second-order valence-corrected chi connectivity index (χ2v) is 6.27. The molecular formula is C19H18F3N3O4. The number of esters is 1. The van der Waals surface area contributed by atoms with Gasteiger partial charge in [0.15, 0.2) is 0 Å². The van der Waals surface area contributed by atoms with Crippen LogP contribution in [0.1, 0.15) is 28.4 Å². The number of carbonyl (C=O) groups is 1. The second kappa shape index (κ2) is 8.63. The zero-order valence-electron chi connectivity index (χ0n) is 15.5. The van der Waals surface area contributed by atoms with E-state index in [1.165, 1.54) is 16.9 Å². The predicted molar refractivity (Wildman–Crippen MR) is 93.9 cm³/mol. The molecule has 1 aromatic heterocycles. The van der Waals surface area contributed by atoms with Crippen molar-refractivity contribution in [2.24, 2.45) is 0 Å². The molecule has 0 saturated carbocycles. The quantitative estimate of drug-likeness (QED) is 0.706. The lowest BCUT2D eigenvalue weighted by Gasteiger charge is -2.22. The SMILES string of the molecule is CCOC(=O)c1ccc(-c2nn(C[C@H]3COCCO3)cc2C#N)c(C(F)(F)F)c1. The summed E-state index contributed by atoms with van der Waals surface area (Å²) in [5.74, 6) is -0.856. The molecule has 0 amide bonds. The first-order valence-electron chi connectivity index (χ1n) is 8.89. The van der Waals surface area contributed by atoms with Gasteiger partial charge in [-0.15, -0.1) is 0 Å². The monoisotopic (exact) mass is 409 g/mol. The van der Waals surface area contributed by atoms with E-state index in [9.17, 15) is 23.2 Å². The Morgan fingerprint density at radius 2 is 2.21 bits per heavy atom. The van der Waals surface area contributed by atoms with Crippen molar-refractivity contribution in [1.82, 2.24) is 9.78 Å². The van der Waals surface area contributed by atoms with Crippen molar-refractivity contribution < 1.29 is 32.2 Å². The van der Waals surface area contributed by atoms with Crippen molar-refractivity contribution in [3.05, 3.63) is 41.1 Å². The van der Waals surface area contributed by atoms with Crippen molar-refractivity contribution in [1.29, 1.82) is 5.26 Å². The summed E-state index contributed by atoms with van der Waals surface area (Å²) in [4.78, 5) is 11.8. The first kappa shape index (κ1) is 20.8. The molecule has 29 heavy (non-hydrogen) atoms. The summed E-state index contributed by atoms with van der Waals surface area (Å²) in [6.45, 7) is 3.06. The molecule has 2 heterocycles. The molecule has 0 unspecified atom stereocenters. The van der Waals surface area contributed by atoms with Crippen molar-refractivity contribution in [3.8, 4) is 17.3 Å². The highest BCUT2D eigenvalue weighted by Gasteiger charge is 2.36. The van der Waals surface area contributed by atoms with Gasteiger partial charge in [-0.1, -0.05) is 6.07 Å². The molecule has 1 saturated heterocycles. The maximum atomic E-state index is 13.7. The van der Waals surface area contributed by atoms with Crippen LogP contribution in [0.3, 0.4) is 0 Å². The normalized spacial score (nSPS) is 17.0. The number of rotatable bonds is 5. The van der Waals surface area contributed by atoms with Crippen molar-refractivity contribution in [3.63, 3.8) is 0 Å². The Labute approximate surface area is 164 Å². The number of carbonyl (C=O) groups excluding carboxylic acids is 1. The Morgan fingerprint density at radius 3 is 2.83 bits per heavy atom. The molecule has 0 aliphatic carbocycles. The fraction of sp³-hybridized carbons (Fsp3) is 0.421. The standard InChI is InChI=1S/C19H18F3N3O4/c1-2-28-18(26)12-3-4-15(16(7-12)19(20,21)22)17-13(8-23)9-25(24-17)10-14-11-27-5-6-29-14/h3-4,7,9,14H,2,5-6,10-11H2,1H3/t14-/m0/s1. The Kier molecular flexibility index (Phi) is 6.20. The third-order valence-corrected chi connectivity index (χ3v) is 4.25. The molecule has 3 rings (SSSR count). The Balaban J connectivity index is 2.00. The molecule has 1 aliphatic rings. The number of nitriles is 1. The summed E-state index contributed by atoms with van der Waals surface area (Å²) in [7, 11) is 0. The minimum absolute atomic E-state index is 0.0175. The van der Waals surface area contributed by atoms with E-state index in [2.05, 4.69) is 5.10 Å². The van der Waals surface area contributed by atoms with Crippen LogP contribution in [0.25, 0.3) is 11.3 Å². The topological polar surface area (TPSA) is 86.4 Å². The van der Waals surface area contributed by atoms with Crippen LogP contribution in [0.5, 0.6) is 0 Å². The largest absolute Gasteiger partial charge is 0.462 e. The lowest BCUT2D eigenvalue weighted by molar-refractivity contribution is -0.137. The van der Waals surface area contributed by atoms with Crippen LogP contribution in [0, 0.1) is 11.3 Å². The average molecular weight is 409 g/mol. The predicted octanol–water partition coefficient (Wildman–Crippen LogP) is 3.03. The van der Waals surface area contributed by atoms with Crippen LogP contribution in [-0.4, -0.2) is 48.3 Å². The van der Waals surface area contributed by atoms with Crippen LogP contribution in [0.2, 0.25) is 0 Å². The molecule has 10 heteroatoms. The van der Waals surface area contributed by atoms with Crippen LogP contribution in [0.4, 0.5) is 13.2 Å². The molecule has 0 spiro atoms. The summed E-state index contributed by atoms with van der Waals surface area (Å²) < 4.78 is 58.0. The Morgan fingerprint density at radius 1 is 1.41 bits per heavy atom. The maximum absolute atomic E-state index is 13.7. The van der Waals surface area contributed by atoms with E-state index in [1.807, 2.05) is 6.07 Å². The number of alkyl halides is 3. The zero-order valence-corrected chi connectivity index (χ0v) is 15.5. The fourth-order valence-electron chi connectivity index (χ4n) is 2.97. The van der Waals surface area contributed by atoms with E-state index < -0.39 is 17.7 Å². The van der Waals surface area contributed by atoms with E-state index in [0.29, 0.717) is 25.9 Å². The summed E-state index contributed by atoms with van der Waals surface area (Å²) in [6, 6.07) is 4.94. The maximum Gasteiger partial charge on any atom is 0.417 e. The smallest absolute Gasteiger partial charge is 0.417 e. The van der Waals surface area contributed by atoms with E-state index in [0.717, 1.165) is 6.07 Å². The minimum Gasteiger partial charge on any atom is -0.462 e. The highest BCUT2D eigenvalue weighted by molar-refractivity contribution is 5.90. The van der Waals surface area contributed by atoms with Crippen molar-refractivity contribution in [2.45, 2.75) is 25.7 Å². The minimum atomic E-state index is -4.76. The third kappa shape index (κ3) is 4.75. The number of halogens is 3. The Bertz CT molecular complexity index is 928. The Hall–Kier alpha value is -2.90. The first-order valence-corrected chi connectivity index (χ1v) is 8.89. The van der Waals surface area contributed by atoms with Gasteiger partial charge in [0.05, 0.1) is 49.7 Å². The molecule has 1 aromatic carbocycles. The molecule has 154 valence electrons. The first-order chi connectivity index (χ1) is 13.8. The van der Waals surface area contributed by atoms with Gasteiger partial charge in [0.25, 0.3) is 0 Å². The molecule has 1 atom stereocenters. The van der Waals surface area contributed by atoms with Crippen LogP contribution < -0.4 is 0 Å².